The lowest BCUT2D eigenvalue weighted by molar-refractivity contribution is 0.283. The van der Waals surface area contributed by atoms with Crippen molar-refractivity contribution in [3.63, 3.8) is 0 Å². The van der Waals surface area contributed by atoms with Crippen LogP contribution in [0.2, 0.25) is 0 Å². The van der Waals surface area contributed by atoms with Crippen molar-refractivity contribution < 1.29 is 0 Å². The molecule has 0 aliphatic heterocycles. The molecule has 0 atom stereocenters. The number of benzene rings is 1. The minimum Gasteiger partial charge on any atom is -0.356 e. The minimum atomic E-state index is 0.462. The molecule has 146 valence electrons. The van der Waals surface area contributed by atoms with Crippen molar-refractivity contribution >= 4 is 5.96 Å². The Morgan fingerprint density at radius 1 is 1.19 bits per heavy atom. The van der Waals surface area contributed by atoms with Crippen LogP contribution in [0.25, 0.3) is 0 Å². The zero-order valence-electron chi connectivity index (χ0n) is 16.7. The van der Waals surface area contributed by atoms with Crippen LogP contribution in [0.1, 0.15) is 50.4 Å². The molecule has 1 aliphatic rings. The van der Waals surface area contributed by atoms with Crippen LogP contribution in [-0.4, -0.2) is 35.6 Å². The summed E-state index contributed by atoms with van der Waals surface area (Å²) in [4.78, 5) is 8.92. The Morgan fingerprint density at radius 2 is 1.96 bits per heavy atom. The van der Waals surface area contributed by atoms with E-state index in [1.54, 1.807) is 0 Å². The molecular weight excluding hydrogens is 334 g/mol. The summed E-state index contributed by atoms with van der Waals surface area (Å²) in [6.07, 6.45) is 11.5. The smallest absolute Gasteiger partial charge is 0.191 e. The van der Waals surface area contributed by atoms with Gasteiger partial charge in [0.15, 0.2) is 5.96 Å². The van der Waals surface area contributed by atoms with Gasteiger partial charge in [-0.3, -0.25) is 4.99 Å². The van der Waals surface area contributed by atoms with Crippen LogP contribution < -0.4 is 10.6 Å². The molecule has 2 N–H and O–H groups in total. The number of guanidine groups is 1. The van der Waals surface area contributed by atoms with Crippen LogP contribution in [0.3, 0.4) is 0 Å². The highest BCUT2D eigenvalue weighted by molar-refractivity contribution is 5.79. The molecule has 2 aromatic rings. The first-order valence-corrected chi connectivity index (χ1v) is 10.2. The summed E-state index contributed by atoms with van der Waals surface area (Å²) in [5.41, 5.74) is 1.76. The van der Waals surface area contributed by atoms with Gasteiger partial charge in [0.1, 0.15) is 5.82 Å². The molecule has 0 bridgehead atoms. The molecule has 5 nitrogen and oxygen atoms in total. The third kappa shape index (κ3) is 5.34. The minimum absolute atomic E-state index is 0.462. The van der Waals surface area contributed by atoms with E-state index in [1.165, 1.54) is 37.7 Å². The van der Waals surface area contributed by atoms with E-state index in [4.69, 9.17) is 0 Å². The molecule has 0 amide bonds. The average Bonchev–Trinajstić information content (AvgIpc) is 3.35. The Morgan fingerprint density at radius 3 is 2.67 bits per heavy atom. The molecule has 0 spiro atoms. The standard InChI is InChI=1S/C22H33N5/c1-3-22(12-7-8-13-22)18-26-21(23-2)25-14-11-20-24-15-16-27(20)17-19-9-5-4-6-10-19/h4-6,9-10,15-16H,3,7-8,11-14,17-18H2,1-2H3,(H2,23,25,26). The molecule has 0 saturated heterocycles. The summed E-state index contributed by atoms with van der Waals surface area (Å²) in [6, 6.07) is 10.5. The van der Waals surface area contributed by atoms with Crippen molar-refractivity contribution in [3.8, 4) is 0 Å². The average molecular weight is 368 g/mol. The molecular formula is C22H33N5. The molecule has 0 radical (unpaired) electrons. The van der Waals surface area contributed by atoms with Gasteiger partial charge in [-0.2, -0.15) is 0 Å². The first-order chi connectivity index (χ1) is 13.2. The maximum absolute atomic E-state index is 4.53. The second-order valence-corrected chi connectivity index (χ2v) is 7.62. The second kappa shape index (κ2) is 9.58. The normalized spacial score (nSPS) is 16.4. The van der Waals surface area contributed by atoms with Gasteiger partial charge in [-0.15, -0.1) is 0 Å². The van der Waals surface area contributed by atoms with E-state index < -0.39 is 0 Å². The van der Waals surface area contributed by atoms with Crippen molar-refractivity contribution in [2.75, 3.05) is 20.1 Å². The molecule has 3 rings (SSSR count). The van der Waals surface area contributed by atoms with Gasteiger partial charge in [-0.05, 0) is 30.2 Å². The summed E-state index contributed by atoms with van der Waals surface area (Å²) < 4.78 is 2.22. The van der Waals surface area contributed by atoms with Crippen molar-refractivity contribution in [1.82, 2.24) is 20.2 Å². The third-order valence-electron chi connectivity index (χ3n) is 5.91. The number of nitrogens with zero attached hydrogens (tertiary/aromatic N) is 3. The van der Waals surface area contributed by atoms with E-state index in [-0.39, 0.29) is 0 Å². The van der Waals surface area contributed by atoms with Gasteiger partial charge < -0.3 is 15.2 Å². The number of rotatable bonds is 8. The van der Waals surface area contributed by atoms with E-state index in [1.807, 2.05) is 13.2 Å². The van der Waals surface area contributed by atoms with Gasteiger partial charge in [-0.1, -0.05) is 50.1 Å². The predicted octanol–water partition coefficient (Wildman–Crippen LogP) is 3.61. The molecule has 1 aromatic carbocycles. The number of aliphatic imine (C=N–C) groups is 1. The van der Waals surface area contributed by atoms with Crippen molar-refractivity contribution in [2.24, 2.45) is 10.4 Å². The fourth-order valence-corrected chi connectivity index (χ4v) is 4.06. The van der Waals surface area contributed by atoms with Gasteiger partial charge in [0.25, 0.3) is 0 Å². The van der Waals surface area contributed by atoms with Gasteiger partial charge in [-0.25, -0.2) is 4.98 Å². The predicted molar refractivity (Wildman–Crippen MR) is 112 cm³/mol. The van der Waals surface area contributed by atoms with Gasteiger partial charge in [0.05, 0.1) is 0 Å². The summed E-state index contributed by atoms with van der Waals surface area (Å²) in [5, 5.41) is 7.00. The first-order valence-electron chi connectivity index (χ1n) is 10.2. The van der Waals surface area contributed by atoms with Gasteiger partial charge in [0, 0.05) is 45.5 Å². The number of hydrogen-bond donors (Lipinski definition) is 2. The fraction of sp³-hybridized carbons (Fsp3) is 0.545. The Kier molecular flexibility index (Phi) is 6.91. The van der Waals surface area contributed by atoms with Gasteiger partial charge >= 0.3 is 0 Å². The lowest BCUT2D eigenvalue weighted by atomic mass is 9.83. The molecule has 1 fully saturated rings. The zero-order valence-corrected chi connectivity index (χ0v) is 16.7. The van der Waals surface area contributed by atoms with Crippen LogP contribution in [0.4, 0.5) is 0 Å². The molecule has 0 unspecified atom stereocenters. The van der Waals surface area contributed by atoms with E-state index in [9.17, 15) is 0 Å². The Labute approximate surface area is 163 Å². The van der Waals surface area contributed by atoms with E-state index in [2.05, 4.69) is 68.6 Å². The molecule has 1 aliphatic carbocycles. The van der Waals surface area contributed by atoms with Crippen LogP contribution >= 0.6 is 0 Å². The van der Waals surface area contributed by atoms with Crippen LogP contribution in [-0.2, 0) is 13.0 Å². The molecule has 1 heterocycles. The lowest BCUT2D eigenvalue weighted by Gasteiger charge is -2.28. The molecule has 27 heavy (non-hydrogen) atoms. The number of nitrogens with one attached hydrogen (secondary N) is 2. The maximum Gasteiger partial charge on any atom is 0.191 e. The van der Waals surface area contributed by atoms with Crippen molar-refractivity contribution in [2.45, 2.75) is 52.0 Å². The van der Waals surface area contributed by atoms with Crippen LogP contribution in [0.5, 0.6) is 0 Å². The molecule has 5 heteroatoms. The SMILES string of the molecule is CCC1(CNC(=NC)NCCc2nccn2Cc2ccccc2)CCCC1. The van der Waals surface area contributed by atoms with Crippen molar-refractivity contribution in [3.05, 3.63) is 54.1 Å². The number of hydrogen-bond acceptors (Lipinski definition) is 2. The van der Waals surface area contributed by atoms with E-state index in [0.29, 0.717) is 5.41 Å². The molecule has 1 saturated carbocycles. The maximum atomic E-state index is 4.53. The number of imidazole rings is 1. The molecule has 1 aromatic heterocycles. The summed E-state index contributed by atoms with van der Waals surface area (Å²) in [5.74, 6) is 2.00. The van der Waals surface area contributed by atoms with E-state index >= 15 is 0 Å². The summed E-state index contributed by atoms with van der Waals surface area (Å²) in [7, 11) is 1.85. The second-order valence-electron chi connectivity index (χ2n) is 7.62. The Balaban J connectivity index is 1.47. The highest BCUT2D eigenvalue weighted by Gasteiger charge is 2.31. The largest absolute Gasteiger partial charge is 0.356 e. The Hall–Kier alpha value is -2.30. The van der Waals surface area contributed by atoms with Gasteiger partial charge in [0.2, 0.25) is 0 Å². The monoisotopic (exact) mass is 367 g/mol. The first kappa shape index (κ1) is 19.5. The third-order valence-corrected chi connectivity index (χ3v) is 5.91. The number of aromatic nitrogens is 2. The highest BCUT2D eigenvalue weighted by atomic mass is 15.2. The quantitative estimate of drug-likeness (QED) is 0.554. The fourth-order valence-electron chi connectivity index (χ4n) is 4.06. The van der Waals surface area contributed by atoms with Crippen molar-refractivity contribution in [1.29, 1.82) is 0 Å². The zero-order chi connectivity index (χ0) is 19.0. The van der Waals surface area contributed by atoms with Crippen LogP contribution in [0, 0.1) is 5.41 Å². The van der Waals surface area contributed by atoms with Crippen LogP contribution in [0.15, 0.2) is 47.7 Å². The summed E-state index contributed by atoms with van der Waals surface area (Å²) >= 11 is 0. The highest BCUT2D eigenvalue weighted by Crippen LogP contribution is 2.40. The Bertz CT molecular complexity index is 713. The topological polar surface area (TPSA) is 54.2 Å². The summed E-state index contributed by atoms with van der Waals surface area (Å²) in [6.45, 7) is 5.02. The van der Waals surface area contributed by atoms with E-state index in [0.717, 1.165) is 37.8 Å². The lowest BCUT2D eigenvalue weighted by Crippen LogP contribution is -2.43.